The van der Waals surface area contributed by atoms with Gasteiger partial charge in [-0.2, -0.15) is 0 Å². The maximum absolute atomic E-state index is 11.3. The van der Waals surface area contributed by atoms with Gasteiger partial charge in [-0.25, -0.2) is 4.98 Å². The number of furan rings is 1. The van der Waals surface area contributed by atoms with Gasteiger partial charge in [-0.05, 0) is 37.6 Å². The molecule has 4 aromatic rings. The van der Waals surface area contributed by atoms with Crippen LogP contribution in [0.15, 0.2) is 56.8 Å². The summed E-state index contributed by atoms with van der Waals surface area (Å²) < 4.78 is 13.0. The number of oxazole rings is 1. The Morgan fingerprint density at radius 1 is 1.20 bits per heavy atom. The van der Waals surface area contributed by atoms with Crippen LogP contribution in [-0.4, -0.2) is 25.7 Å². The number of nitrogens with two attached hydrogens (primary N) is 1. The smallest absolute Gasteiger partial charge is 0.226 e. The Balaban J connectivity index is 1.52. The Labute approximate surface area is 177 Å². The quantitative estimate of drug-likeness (QED) is 0.427. The second-order valence-corrected chi connectivity index (χ2v) is 7.84. The molecule has 2 N–H and O–H groups in total. The molecule has 0 saturated heterocycles. The maximum Gasteiger partial charge on any atom is 0.226 e. The molecule has 1 amide bonds. The Hall–Kier alpha value is -3.33. The van der Waals surface area contributed by atoms with Gasteiger partial charge in [0, 0.05) is 24.3 Å². The van der Waals surface area contributed by atoms with Crippen molar-refractivity contribution >= 4 is 17.7 Å². The van der Waals surface area contributed by atoms with E-state index in [1.54, 1.807) is 24.7 Å². The fourth-order valence-electron chi connectivity index (χ4n) is 3.10. The molecule has 9 heteroatoms. The van der Waals surface area contributed by atoms with E-state index in [0.29, 0.717) is 34.9 Å². The molecule has 1 aromatic carbocycles. The molecule has 3 heterocycles. The zero-order valence-electron chi connectivity index (χ0n) is 16.7. The first-order chi connectivity index (χ1) is 14.5. The highest BCUT2D eigenvalue weighted by Crippen LogP contribution is 2.29. The van der Waals surface area contributed by atoms with Crippen molar-refractivity contribution in [2.45, 2.75) is 37.7 Å². The van der Waals surface area contributed by atoms with Gasteiger partial charge < -0.3 is 14.6 Å². The number of aryl methyl sites for hydroxylation is 2. The molecule has 0 radical (unpaired) electrons. The molecular formula is C21H21N5O3S. The lowest BCUT2D eigenvalue weighted by atomic mass is 10.1. The van der Waals surface area contributed by atoms with Gasteiger partial charge >= 0.3 is 0 Å². The second kappa shape index (κ2) is 8.58. The molecule has 3 aromatic heterocycles. The van der Waals surface area contributed by atoms with Crippen LogP contribution in [0.4, 0.5) is 0 Å². The standard InChI is InChI=1S/C21H21N5O3S/c1-13-5-6-16(14(2)10-13)20-23-15(11-29-20)12-30-21-25-24-19(17-4-3-9-28-17)26(21)8-7-18(22)27/h3-6,9-11H,7-8,12H2,1-2H3,(H2,22,27). The minimum absolute atomic E-state index is 0.181. The second-order valence-electron chi connectivity index (χ2n) is 6.90. The highest BCUT2D eigenvalue weighted by molar-refractivity contribution is 7.98. The van der Waals surface area contributed by atoms with Gasteiger partial charge in [0.1, 0.15) is 6.26 Å². The van der Waals surface area contributed by atoms with Crippen molar-refractivity contribution in [1.82, 2.24) is 19.7 Å². The average Bonchev–Trinajstić information content (AvgIpc) is 3.45. The zero-order valence-corrected chi connectivity index (χ0v) is 17.5. The molecule has 0 bridgehead atoms. The lowest BCUT2D eigenvalue weighted by Crippen LogP contribution is -2.15. The number of benzene rings is 1. The third-order valence-corrected chi connectivity index (χ3v) is 5.55. The van der Waals surface area contributed by atoms with Gasteiger partial charge in [0.2, 0.25) is 11.8 Å². The number of carbonyl (C=O) groups is 1. The third-order valence-electron chi connectivity index (χ3n) is 4.55. The van der Waals surface area contributed by atoms with Crippen LogP contribution >= 0.6 is 11.8 Å². The summed E-state index contributed by atoms with van der Waals surface area (Å²) in [5.74, 6) is 1.88. The first kappa shape index (κ1) is 20.0. The van der Waals surface area contributed by atoms with E-state index in [4.69, 9.17) is 14.6 Å². The summed E-state index contributed by atoms with van der Waals surface area (Å²) in [6, 6.07) is 9.74. The molecule has 8 nitrogen and oxygen atoms in total. The summed E-state index contributed by atoms with van der Waals surface area (Å²) in [6.45, 7) is 4.46. The minimum Gasteiger partial charge on any atom is -0.461 e. The highest BCUT2D eigenvalue weighted by atomic mass is 32.2. The molecule has 0 aliphatic heterocycles. The number of hydrogen-bond acceptors (Lipinski definition) is 7. The molecule has 0 unspecified atom stereocenters. The topological polar surface area (TPSA) is 113 Å². The number of carbonyl (C=O) groups excluding carboxylic acids is 1. The molecule has 0 spiro atoms. The van der Waals surface area contributed by atoms with Crippen LogP contribution in [0.3, 0.4) is 0 Å². The van der Waals surface area contributed by atoms with Gasteiger partial charge in [-0.3, -0.25) is 9.36 Å². The van der Waals surface area contributed by atoms with Crippen LogP contribution in [0.1, 0.15) is 23.2 Å². The van der Waals surface area contributed by atoms with E-state index in [1.165, 1.54) is 17.3 Å². The van der Waals surface area contributed by atoms with Crippen molar-refractivity contribution in [2.24, 2.45) is 5.73 Å². The van der Waals surface area contributed by atoms with Crippen LogP contribution in [0.25, 0.3) is 23.0 Å². The van der Waals surface area contributed by atoms with E-state index in [9.17, 15) is 4.79 Å². The van der Waals surface area contributed by atoms with E-state index in [1.807, 2.05) is 23.6 Å². The van der Waals surface area contributed by atoms with E-state index in [0.717, 1.165) is 16.8 Å². The molecule has 0 aliphatic carbocycles. The number of primary amides is 1. The molecule has 4 rings (SSSR count). The lowest BCUT2D eigenvalue weighted by Gasteiger charge is -2.07. The lowest BCUT2D eigenvalue weighted by molar-refractivity contribution is -0.118. The van der Waals surface area contributed by atoms with E-state index >= 15 is 0 Å². The Kier molecular flexibility index (Phi) is 5.71. The first-order valence-electron chi connectivity index (χ1n) is 9.41. The fourth-order valence-corrected chi connectivity index (χ4v) is 3.94. The fraction of sp³-hybridized carbons (Fsp3) is 0.238. The average molecular weight is 423 g/mol. The molecule has 0 aliphatic rings. The largest absolute Gasteiger partial charge is 0.461 e. The van der Waals surface area contributed by atoms with Gasteiger partial charge in [0.25, 0.3) is 0 Å². The van der Waals surface area contributed by atoms with Crippen molar-refractivity contribution in [2.75, 3.05) is 0 Å². The number of amides is 1. The van der Waals surface area contributed by atoms with Gasteiger partial charge in [0.05, 0.1) is 12.0 Å². The Morgan fingerprint density at radius 3 is 2.80 bits per heavy atom. The van der Waals surface area contributed by atoms with E-state index < -0.39 is 0 Å². The predicted octanol–water partition coefficient (Wildman–Crippen LogP) is 3.98. The van der Waals surface area contributed by atoms with Crippen LogP contribution < -0.4 is 5.73 Å². The van der Waals surface area contributed by atoms with Crippen LogP contribution in [-0.2, 0) is 17.1 Å². The normalized spacial score (nSPS) is 11.1. The van der Waals surface area contributed by atoms with Crippen molar-refractivity contribution in [3.05, 3.63) is 59.7 Å². The molecule has 0 atom stereocenters. The van der Waals surface area contributed by atoms with Crippen LogP contribution in [0, 0.1) is 13.8 Å². The molecule has 154 valence electrons. The maximum atomic E-state index is 11.3. The Morgan fingerprint density at radius 2 is 2.07 bits per heavy atom. The minimum atomic E-state index is -0.389. The monoisotopic (exact) mass is 423 g/mol. The van der Waals surface area contributed by atoms with Gasteiger partial charge in [0.15, 0.2) is 16.7 Å². The number of hydrogen-bond donors (Lipinski definition) is 1. The number of rotatable bonds is 8. The summed E-state index contributed by atoms with van der Waals surface area (Å²) in [5.41, 5.74) is 9.40. The third kappa shape index (κ3) is 4.30. The van der Waals surface area contributed by atoms with Crippen molar-refractivity contribution in [3.8, 4) is 23.0 Å². The van der Waals surface area contributed by atoms with Gasteiger partial charge in [-0.1, -0.05) is 29.5 Å². The van der Waals surface area contributed by atoms with Crippen LogP contribution in [0.2, 0.25) is 0 Å². The van der Waals surface area contributed by atoms with Crippen molar-refractivity contribution in [3.63, 3.8) is 0 Å². The summed E-state index contributed by atoms with van der Waals surface area (Å²) in [5, 5.41) is 9.13. The highest BCUT2D eigenvalue weighted by Gasteiger charge is 2.18. The molecule has 0 fully saturated rings. The SMILES string of the molecule is Cc1ccc(-c2nc(CSc3nnc(-c4ccco4)n3CCC(N)=O)co2)c(C)c1. The number of nitrogens with zero attached hydrogens (tertiary/aromatic N) is 4. The van der Waals surface area contributed by atoms with Crippen molar-refractivity contribution < 1.29 is 13.6 Å². The Bertz CT molecular complexity index is 1160. The summed E-state index contributed by atoms with van der Waals surface area (Å²) in [6.07, 6.45) is 3.40. The van der Waals surface area contributed by atoms with Gasteiger partial charge in [-0.15, -0.1) is 10.2 Å². The molecular weight excluding hydrogens is 402 g/mol. The number of aromatic nitrogens is 4. The van der Waals surface area contributed by atoms with E-state index in [2.05, 4.69) is 28.2 Å². The molecule has 30 heavy (non-hydrogen) atoms. The summed E-state index contributed by atoms with van der Waals surface area (Å²) in [4.78, 5) is 15.9. The first-order valence-corrected chi connectivity index (χ1v) is 10.4. The van der Waals surface area contributed by atoms with Crippen LogP contribution in [0.5, 0.6) is 0 Å². The summed E-state index contributed by atoms with van der Waals surface area (Å²) in [7, 11) is 0. The van der Waals surface area contributed by atoms with Crippen molar-refractivity contribution in [1.29, 1.82) is 0 Å². The number of thioether (sulfide) groups is 1. The summed E-state index contributed by atoms with van der Waals surface area (Å²) >= 11 is 1.46. The predicted molar refractivity (Wildman–Crippen MR) is 113 cm³/mol. The van der Waals surface area contributed by atoms with E-state index in [-0.39, 0.29) is 12.3 Å². The zero-order chi connectivity index (χ0) is 21.1. The molecule has 0 saturated carbocycles.